The van der Waals surface area contributed by atoms with Gasteiger partial charge in [-0.2, -0.15) is 0 Å². The van der Waals surface area contributed by atoms with Gasteiger partial charge in [-0.15, -0.1) is 0 Å². The number of benzene rings is 1. The molecule has 0 aromatic heterocycles. The van der Waals surface area contributed by atoms with Crippen molar-refractivity contribution in [3.05, 3.63) is 29.8 Å². The fourth-order valence-corrected chi connectivity index (χ4v) is 3.62. The first-order valence-corrected chi connectivity index (χ1v) is 8.30. The second-order valence-corrected chi connectivity index (χ2v) is 6.72. The zero-order valence-corrected chi connectivity index (χ0v) is 12.9. The van der Waals surface area contributed by atoms with Crippen molar-refractivity contribution in [1.29, 1.82) is 0 Å². The van der Waals surface area contributed by atoms with E-state index in [1.807, 2.05) is 0 Å². The van der Waals surface area contributed by atoms with E-state index in [0.717, 1.165) is 31.1 Å². The molecule has 3 heteroatoms. The fourth-order valence-electron chi connectivity index (χ4n) is 3.62. The van der Waals surface area contributed by atoms with Gasteiger partial charge in [0.2, 0.25) is 0 Å². The predicted molar refractivity (Wildman–Crippen MR) is 84.7 cm³/mol. The molecule has 3 nitrogen and oxygen atoms in total. The molecule has 2 fully saturated rings. The predicted octanol–water partition coefficient (Wildman–Crippen LogP) is 3.08. The van der Waals surface area contributed by atoms with Crippen molar-refractivity contribution in [2.45, 2.75) is 56.6 Å². The summed E-state index contributed by atoms with van der Waals surface area (Å²) in [5.74, 6) is 2.42. The maximum Gasteiger partial charge on any atom is 0.118 e. The Bertz CT molecular complexity index is 431. The summed E-state index contributed by atoms with van der Waals surface area (Å²) < 4.78 is 5.20. The number of hydrogen-bond donors (Lipinski definition) is 2. The van der Waals surface area contributed by atoms with Crippen molar-refractivity contribution in [1.82, 2.24) is 5.32 Å². The van der Waals surface area contributed by atoms with E-state index in [1.54, 1.807) is 7.11 Å². The molecule has 0 unspecified atom stereocenters. The average Bonchev–Trinajstić information content (AvgIpc) is 2.48. The largest absolute Gasteiger partial charge is 0.497 e. The normalized spacial score (nSPS) is 32.5. The Balaban J connectivity index is 1.37. The van der Waals surface area contributed by atoms with Gasteiger partial charge in [0.15, 0.2) is 0 Å². The van der Waals surface area contributed by atoms with E-state index < -0.39 is 0 Å². The van der Waals surface area contributed by atoms with Crippen molar-refractivity contribution < 1.29 is 9.84 Å². The molecule has 1 aromatic carbocycles. The number of nitrogens with one attached hydrogen (secondary N) is 1. The lowest BCUT2D eigenvalue weighted by atomic mass is 9.75. The molecule has 1 aromatic rings. The molecular formula is C18H27NO2. The average molecular weight is 289 g/mol. The van der Waals surface area contributed by atoms with Crippen molar-refractivity contribution >= 4 is 0 Å². The second-order valence-electron chi connectivity index (χ2n) is 6.72. The maximum absolute atomic E-state index is 9.53. The van der Waals surface area contributed by atoms with Crippen molar-refractivity contribution in [3.63, 3.8) is 0 Å². The van der Waals surface area contributed by atoms with Crippen LogP contribution in [0.25, 0.3) is 0 Å². The summed E-state index contributed by atoms with van der Waals surface area (Å²) in [6, 6.07) is 9.20. The van der Waals surface area contributed by atoms with Crippen LogP contribution < -0.4 is 10.1 Å². The lowest BCUT2D eigenvalue weighted by molar-refractivity contribution is 0.106. The summed E-state index contributed by atoms with van der Waals surface area (Å²) in [5, 5.41) is 13.3. The van der Waals surface area contributed by atoms with Crippen LogP contribution in [0.2, 0.25) is 0 Å². The summed E-state index contributed by atoms with van der Waals surface area (Å²) in [4.78, 5) is 0. The smallest absolute Gasteiger partial charge is 0.118 e. The number of aliphatic hydroxyl groups excluding tert-OH is 1. The van der Waals surface area contributed by atoms with Crippen LogP contribution in [-0.2, 0) is 0 Å². The van der Waals surface area contributed by atoms with Crippen molar-refractivity contribution in [2.24, 2.45) is 5.92 Å². The molecular weight excluding hydrogens is 262 g/mol. The Hall–Kier alpha value is -1.06. The standard InChI is InChI=1S/C18H27NO2/c1-21-18-8-4-14(5-9-18)15-10-16(11-15)19-12-13-2-6-17(20)7-3-13/h4-5,8-9,13,15-17,19-20H,2-3,6-7,10-12H2,1H3. The molecule has 2 saturated carbocycles. The molecule has 0 radical (unpaired) electrons. The topological polar surface area (TPSA) is 41.5 Å². The van der Waals surface area contributed by atoms with Crippen molar-refractivity contribution in [2.75, 3.05) is 13.7 Å². The van der Waals surface area contributed by atoms with Gasteiger partial charge in [-0.25, -0.2) is 0 Å². The van der Waals surface area contributed by atoms with E-state index in [1.165, 1.54) is 31.2 Å². The number of rotatable bonds is 5. The number of ether oxygens (including phenoxy) is 1. The molecule has 3 rings (SSSR count). The Kier molecular flexibility index (Phi) is 4.81. The first-order valence-electron chi connectivity index (χ1n) is 8.30. The quantitative estimate of drug-likeness (QED) is 0.875. The second kappa shape index (κ2) is 6.80. The zero-order valence-electron chi connectivity index (χ0n) is 12.9. The molecule has 116 valence electrons. The summed E-state index contributed by atoms with van der Waals surface area (Å²) in [7, 11) is 1.71. The minimum absolute atomic E-state index is 0.0376. The highest BCUT2D eigenvalue weighted by molar-refractivity contribution is 5.30. The molecule has 2 aliphatic rings. The third kappa shape index (κ3) is 3.78. The van der Waals surface area contributed by atoms with Gasteiger partial charge >= 0.3 is 0 Å². The van der Waals surface area contributed by atoms with Gasteiger partial charge in [-0.05, 0) is 74.6 Å². The van der Waals surface area contributed by atoms with Gasteiger partial charge in [-0.3, -0.25) is 0 Å². The first kappa shape index (κ1) is 14.9. The van der Waals surface area contributed by atoms with Crippen molar-refractivity contribution in [3.8, 4) is 5.75 Å². The molecule has 0 aliphatic heterocycles. The van der Waals surface area contributed by atoms with Gasteiger partial charge < -0.3 is 15.2 Å². The minimum atomic E-state index is -0.0376. The van der Waals surface area contributed by atoms with Crippen LogP contribution in [-0.4, -0.2) is 30.9 Å². The maximum atomic E-state index is 9.53. The molecule has 0 saturated heterocycles. The third-order valence-electron chi connectivity index (χ3n) is 5.24. The summed E-state index contributed by atoms with van der Waals surface area (Å²) in [6.07, 6.45) is 6.82. The molecule has 0 atom stereocenters. The zero-order chi connectivity index (χ0) is 14.7. The van der Waals surface area contributed by atoms with Crippen LogP contribution in [0.5, 0.6) is 5.75 Å². The molecule has 0 bridgehead atoms. The van der Waals surface area contributed by atoms with Gasteiger partial charge in [0.1, 0.15) is 5.75 Å². The van der Waals surface area contributed by atoms with Crippen LogP contribution in [0, 0.1) is 5.92 Å². The Labute approximate surface area is 127 Å². The molecule has 2 N–H and O–H groups in total. The fraction of sp³-hybridized carbons (Fsp3) is 0.667. The molecule has 2 aliphatic carbocycles. The van der Waals surface area contributed by atoms with Crippen LogP contribution in [0.3, 0.4) is 0 Å². The monoisotopic (exact) mass is 289 g/mol. The SMILES string of the molecule is COc1ccc(C2CC(NCC3CCC(O)CC3)C2)cc1. The van der Waals surface area contributed by atoms with Crippen LogP contribution >= 0.6 is 0 Å². The van der Waals surface area contributed by atoms with E-state index in [-0.39, 0.29) is 6.10 Å². The Morgan fingerprint density at radius 1 is 1.10 bits per heavy atom. The van der Waals surface area contributed by atoms with Gasteiger partial charge in [0.05, 0.1) is 13.2 Å². The van der Waals surface area contributed by atoms with Crippen LogP contribution in [0.1, 0.15) is 50.0 Å². The highest BCUT2D eigenvalue weighted by Gasteiger charge is 2.30. The van der Waals surface area contributed by atoms with Crippen LogP contribution in [0.4, 0.5) is 0 Å². The molecule has 0 spiro atoms. The number of methoxy groups -OCH3 is 1. The number of hydrogen-bond acceptors (Lipinski definition) is 3. The molecule has 21 heavy (non-hydrogen) atoms. The van der Waals surface area contributed by atoms with E-state index in [9.17, 15) is 5.11 Å². The minimum Gasteiger partial charge on any atom is -0.497 e. The van der Waals surface area contributed by atoms with E-state index in [2.05, 4.69) is 29.6 Å². The van der Waals surface area contributed by atoms with Gasteiger partial charge in [0.25, 0.3) is 0 Å². The highest BCUT2D eigenvalue weighted by atomic mass is 16.5. The number of aliphatic hydroxyl groups is 1. The Morgan fingerprint density at radius 2 is 1.76 bits per heavy atom. The summed E-state index contributed by atoms with van der Waals surface area (Å²) in [6.45, 7) is 1.13. The lowest BCUT2D eigenvalue weighted by Gasteiger charge is -2.38. The first-order chi connectivity index (χ1) is 10.2. The highest BCUT2D eigenvalue weighted by Crippen LogP contribution is 2.37. The molecule has 0 amide bonds. The summed E-state index contributed by atoms with van der Waals surface area (Å²) in [5.41, 5.74) is 1.44. The van der Waals surface area contributed by atoms with Gasteiger partial charge in [-0.1, -0.05) is 12.1 Å². The lowest BCUT2D eigenvalue weighted by Crippen LogP contribution is -2.42. The Morgan fingerprint density at radius 3 is 2.38 bits per heavy atom. The summed E-state index contributed by atoms with van der Waals surface area (Å²) >= 11 is 0. The van der Waals surface area contributed by atoms with E-state index in [0.29, 0.717) is 12.0 Å². The van der Waals surface area contributed by atoms with Crippen LogP contribution in [0.15, 0.2) is 24.3 Å². The van der Waals surface area contributed by atoms with Gasteiger partial charge in [0, 0.05) is 6.04 Å². The van der Waals surface area contributed by atoms with E-state index >= 15 is 0 Å². The third-order valence-corrected chi connectivity index (χ3v) is 5.24. The molecule has 0 heterocycles. The van der Waals surface area contributed by atoms with E-state index in [4.69, 9.17) is 4.74 Å².